The van der Waals surface area contributed by atoms with Gasteiger partial charge in [0.25, 0.3) is 0 Å². The Kier molecular flexibility index (Phi) is 4.16. The van der Waals surface area contributed by atoms with Gasteiger partial charge >= 0.3 is 6.03 Å². The number of aryl methyl sites for hydroxylation is 3. The van der Waals surface area contributed by atoms with Crippen LogP contribution in [-0.2, 0) is 6.54 Å². The van der Waals surface area contributed by atoms with Crippen LogP contribution in [0.1, 0.15) is 41.9 Å². The second-order valence-electron chi connectivity index (χ2n) is 6.42. The van der Waals surface area contributed by atoms with Crippen molar-refractivity contribution in [3.8, 4) is 0 Å². The number of fused-ring (bicyclic) bond motifs is 1. The molecule has 3 rings (SSSR count). The number of amides is 2. The molecule has 1 atom stereocenters. The van der Waals surface area contributed by atoms with E-state index in [1.165, 1.54) is 11.4 Å². The van der Waals surface area contributed by atoms with E-state index in [4.69, 9.17) is 0 Å². The Bertz CT molecular complexity index is 732. The fraction of sp³-hybridized carbons (Fsp3) is 0.421. The van der Waals surface area contributed by atoms with E-state index < -0.39 is 0 Å². The zero-order valence-corrected chi connectivity index (χ0v) is 14.4. The second kappa shape index (κ2) is 6.11. The Morgan fingerprint density at radius 2 is 1.96 bits per heavy atom. The van der Waals surface area contributed by atoms with Crippen LogP contribution in [0.3, 0.4) is 0 Å². The number of nitrogens with zero attached hydrogens (tertiary/aromatic N) is 2. The zero-order chi connectivity index (χ0) is 16.6. The lowest BCUT2D eigenvalue weighted by molar-refractivity contribution is 0.165. The highest BCUT2D eigenvalue weighted by atomic mass is 16.2. The Balaban J connectivity index is 1.83. The molecule has 0 unspecified atom stereocenters. The van der Waals surface area contributed by atoms with E-state index in [0.717, 1.165) is 36.3 Å². The number of anilines is 1. The fourth-order valence-electron chi connectivity index (χ4n) is 3.44. The Morgan fingerprint density at radius 1 is 1.17 bits per heavy atom. The van der Waals surface area contributed by atoms with Crippen molar-refractivity contribution >= 4 is 11.7 Å². The third-order valence-corrected chi connectivity index (χ3v) is 4.80. The second-order valence-corrected chi connectivity index (χ2v) is 6.42. The van der Waals surface area contributed by atoms with Crippen LogP contribution in [0.4, 0.5) is 10.5 Å². The van der Waals surface area contributed by atoms with Crippen LogP contribution in [0.25, 0.3) is 0 Å². The Labute approximate surface area is 138 Å². The molecule has 0 radical (unpaired) electrons. The quantitative estimate of drug-likeness (QED) is 0.876. The van der Waals surface area contributed by atoms with Crippen LogP contribution in [0.2, 0.25) is 0 Å². The summed E-state index contributed by atoms with van der Waals surface area (Å²) in [6.45, 7) is 9.95. The monoisotopic (exact) mass is 311 g/mol. The van der Waals surface area contributed by atoms with E-state index in [1.54, 1.807) is 0 Å². The number of aromatic nitrogens is 1. The molecule has 4 heteroatoms. The number of carbonyl (C=O) groups excluding carboxylic acids is 1. The fourth-order valence-corrected chi connectivity index (χ4v) is 3.44. The molecule has 2 amide bonds. The van der Waals surface area contributed by atoms with Gasteiger partial charge in [0.15, 0.2) is 0 Å². The van der Waals surface area contributed by atoms with Gasteiger partial charge in [0.1, 0.15) is 0 Å². The van der Waals surface area contributed by atoms with Crippen LogP contribution >= 0.6 is 0 Å². The van der Waals surface area contributed by atoms with Gasteiger partial charge in [-0.3, -0.25) is 0 Å². The molecule has 1 aromatic heterocycles. The summed E-state index contributed by atoms with van der Waals surface area (Å²) < 4.78 is 2.33. The first-order valence-electron chi connectivity index (χ1n) is 8.32. The van der Waals surface area contributed by atoms with Crippen molar-refractivity contribution in [1.82, 2.24) is 9.47 Å². The maximum Gasteiger partial charge on any atom is 0.322 e. The summed E-state index contributed by atoms with van der Waals surface area (Å²) in [5.41, 5.74) is 5.66. The summed E-state index contributed by atoms with van der Waals surface area (Å²) in [4.78, 5) is 14.8. The van der Waals surface area contributed by atoms with Crippen molar-refractivity contribution in [2.75, 3.05) is 11.9 Å². The van der Waals surface area contributed by atoms with E-state index in [9.17, 15) is 4.79 Å². The molecule has 0 aliphatic carbocycles. The van der Waals surface area contributed by atoms with Crippen molar-refractivity contribution in [2.24, 2.45) is 0 Å². The third-order valence-electron chi connectivity index (χ3n) is 4.80. The normalized spacial score (nSPS) is 17.0. The molecule has 23 heavy (non-hydrogen) atoms. The Hall–Kier alpha value is -2.23. The van der Waals surface area contributed by atoms with E-state index in [2.05, 4.69) is 41.9 Å². The zero-order valence-electron chi connectivity index (χ0n) is 14.4. The smallest absolute Gasteiger partial charge is 0.322 e. The molecule has 2 heterocycles. The predicted octanol–water partition coefficient (Wildman–Crippen LogP) is 4.41. The number of carbonyl (C=O) groups is 1. The van der Waals surface area contributed by atoms with Gasteiger partial charge < -0.3 is 14.8 Å². The summed E-state index contributed by atoms with van der Waals surface area (Å²) in [6, 6.07) is 10.6. The highest BCUT2D eigenvalue weighted by Crippen LogP contribution is 2.31. The van der Waals surface area contributed by atoms with Gasteiger partial charge in [0, 0.05) is 30.2 Å². The topological polar surface area (TPSA) is 37.3 Å². The number of nitrogens with one attached hydrogen (secondary N) is 1. The number of hydrogen-bond donors (Lipinski definition) is 1. The molecule has 1 aromatic carbocycles. The lowest BCUT2D eigenvalue weighted by Crippen LogP contribution is -2.44. The van der Waals surface area contributed by atoms with E-state index in [-0.39, 0.29) is 12.1 Å². The number of urea groups is 1. The minimum absolute atomic E-state index is 0.00402. The summed E-state index contributed by atoms with van der Waals surface area (Å²) in [5, 5.41) is 3.10. The molecule has 1 N–H and O–H groups in total. The number of hydrogen-bond acceptors (Lipinski definition) is 1. The molecular weight excluding hydrogens is 286 g/mol. The van der Waals surface area contributed by atoms with Crippen molar-refractivity contribution in [3.63, 3.8) is 0 Å². The van der Waals surface area contributed by atoms with Crippen molar-refractivity contribution in [1.29, 1.82) is 0 Å². The average molecular weight is 311 g/mol. The van der Waals surface area contributed by atoms with E-state index >= 15 is 0 Å². The lowest BCUT2D eigenvalue weighted by Gasteiger charge is -2.37. The molecule has 0 fully saturated rings. The van der Waals surface area contributed by atoms with Crippen molar-refractivity contribution in [3.05, 3.63) is 52.8 Å². The lowest BCUT2D eigenvalue weighted by atomic mass is 10.1. The molecule has 122 valence electrons. The molecule has 1 aliphatic rings. The van der Waals surface area contributed by atoms with E-state index in [1.807, 2.05) is 30.9 Å². The first-order chi connectivity index (χ1) is 11.0. The first-order valence-corrected chi connectivity index (χ1v) is 8.32. The van der Waals surface area contributed by atoms with Gasteiger partial charge in [-0.2, -0.15) is 0 Å². The molecule has 0 bridgehead atoms. The van der Waals surface area contributed by atoms with Gasteiger partial charge in [0.05, 0.1) is 6.04 Å². The number of rotatable bonds is 2. The maximum atomic E-state index is 12.8. The Morgan fingerprint density at radius 3 is 2.70 bits per heavy atom. The van der Waals surface area contributed by atoms with Crippen LogP contribution < -0.4 is 5.32 Å². The van der Waals surface area contributed by atoms with Gasteiger partial charge in [-0.1, -0.05) is 19.1 Å². The molecule has 2 aromatic rings. The summed E-state index contributed by atoms with van der Waals surface area (Å²) in [5.74, 6) is 0. The van der Waals surface area contributed by atoms with Gasteiger partial charge in [0.2, 0.25) is 0 Å². The predicted molar refractivity (Wildman–Crippen MR) is 93.8 cm³/mol. The van der Waals surface area contributed by atoms with Gasteiger partial charge in [-0.25, -0.2) is 4.79 Å². The molecule has 4 nitrogen and oxygen atoms in total. The highest BCUT2D eigenvalue weighted by molar-refractivity contribution is 5.90. The summed E-state index contributed by atoms with van der Waals surface area (Å²) in [6.07, 6.45) is 0.920. The molecule has 1 aliphatic heterocycles. The number of benzene rings is 1. The average Bonchev–Trinajstić information content (AvgIpc) is 2.91. The van der Waals surface area contributed by atoms with E-state index in [0.29, 0.717) is 0 Å². The van der Waals surface area contributed by atoms with Crippen LogP contribution in [0.5, 0.6) is 0 Å². The van der Waals surface area contributed by atoms with Crippen molar-refractivity contribution in [2.45, 2.75) is 46.7 Å². The SMILES string of the molecule is CC[C@H]1c2ccc(C)n2CCN1C(=O)Nc1cc(C)ccc1C. The first kappa shape index (κ1) is 15.7. The van der Waals surface area contributed by atoms with Crippen molar-refractivity contribution < 1.29 is 4.79 Å². The molecule has 0 saturated carbocycles. The molecule has 0 spiro atoms. The van der Waals surface area contributed by atoms with Gasteiger partial charge in [-0.05, 0) is 56.5 Å². The summed E-state index contributed by atoms with van der Waals surface area (Å²) >= 11 is 0. The largest absolute Gasteiger partial charge is 0.345 e. The summed E-state index contributed by atoms with van der Waals surface area (Å²) in [7, 11) is 0. The molecular formula is C19H25N3O. The van der Waals surface area contributed by atoms with Crippen LogP contribution in [0, 0.1) is 20.8 Å². The standard InChI is InChI=1S/C19H25N3O/c1-5-17-18-9-8-15(4)21(18)10-11-22(17)19(23)20-16-12-13(2)6-7-14(16)3/h6-9,12,17H,5,10-11H2,1-4H3,(H,20,23)/t17-/m0/s1. The van der Waals surface area contributed by atoms with Gasteiger partial charge in [-0.15, -0.1) is 0 Å². The third kappa shape index (κ3) is 2.85. The minimum Gasteiger partial charge on any atom is -0.345 e. The highest BCUT2D eigenvalue weighted by Gasteiger charge is 2.30. The van der Waals surface area contributed by atoms with Crippen LogP contribution in [0.15, 0.2) is 30.3 Å². The maximum absolute atomic E-state index is 12.8. The van der Waals surface area contributed by atoms with Crippen LogP contribution in [-0.4, -0.2) is 22.0 Å². The molecule has 0 saturated heterocycles. The minimum atomic E-state index is -0.00402.